The summed E-state index contributed by atoms with van der Waals surface area (Å²) < 4.78 is 6.13. The van der Waals surface area contributed by atoms with Crippen molar-refractivity contribution in [3.05, 3.63) is 29.3 Å². The Hall–Kier alpha value is -0.730. The number of hydrogen-bond donors (Lipinski definition) is 1. The number of piperidine rings is 1. The van der Waals surface area contributed by atoms with Gasteiger partial charge in [-0.2, -0.15) is 0 Å². The second kappa shape index (κ2) is 7.33. The molecule has 1 aliphatic heterocycles. The maximum atomic E-state index is 6.13. The predicted octanol–water partition coefficient (Wildman–Crippen LogP) is 4.09. The van der Waals surface area contributed by atoms with Crippen LogP contribution < -0.4 is 10.1 Å². The molecule has 1 fully saturated rings. The van der Waals surface area contributed by atoms with Gasteiger partial charge in [0.1, 0.15) is 5.75 Å². The van der Waals surface area contributed by atoms with E-state index in [1.54, 1.807) is 0 Å². The van der Waals surface area contributed by atoms with Crippen LogP contribution >= 0.6 is 12.4 Å². The third-order valence-corrected chi connectivity index (χ3v) is 3.88. The minimum atomic E-state index is 0. The molecule has 0 radical (unpaired) electrons. The van der Waals surface area contributed by atoms with Crippen molar-refractivity contribution in [3.63, 3.8) is 0 Å². The van der Waals surface area contributed by atoms with Gasteiger partial charge < -0.3 is 10.1 Å². The van der Waals surface area contributed by atoms with Crippen LogP contribution in [0.25, 0.3) is 0 Å². The topological polar surface area (TPSA) is 21.3 Å². The molecule has 0 aromatic heterocycles. The fourth-order valence-electron chi connectivity index (χ4n) is 2.61. The maximum absolute atomic E-state index is 6.13. The van der Waals surface area contributed by atoms with Crippen molar-refractivity contribution < 1.29 is 4.74 Å². The highest BCUT2D eigenvalue weighted by Crippen LogP contribution is 2.32. The Kier molecular flexibility index (Phi) is 6.35. The molecule has 1 N–H and O–H groups in total. The molecule has 1 aromatic carbocycles. The number of ether oxygens (including phenoxy) is 1. The summed E-state index contributed by atoms with van der Waals surface area (Å²) in [5.74, 6) is 1.77. The average molecular weight is 298 g/mol. The molecular formula is C17H28ClNO. The lowest BCUT2D eigenvalue weighted by molar-refractivity contribution is 0.211. The smallest absolute Gasteiger partial charge is 0.123 e. The molecule has 0 bridgehead atoms. The first-order valence-electron chi connectivity index (χ1n) is 7.41. The summed E-state index contributed by atoms with van der Waals surface area (Å²) in [6.07, 6.45) is 2.47. The third-order valence-electron chi connectivity index (χ3n) is 3.88. The van der Waals surface area contributed by atoms with Crippen LogP contribution in [0.1, 0.15) is 44.7 Å². The van der Waals surface area contributed by atoms with Crippen LogP contribution in [0, 0.1) is 12.8 Å². The molecule has 0 spiro atoms. The molecular weight excluding hydrogens is 270 g/mol. The Labute approximate surface area is 129 Å². The summed E-state index contributed by atoms with van der Waals surface area (Å²) in [6, 6.07) is 6.54. The highest BCUT2D eigenvalue weighted by Gasteiger charge is 2.20. The zero-order valence-corrected chi connectivity index (χ0v) is 14.0. The molecule has 0 unspecified atom stereocenters. The normalized spacial score (nSPS) is 16.6. The summed E-state index contributed by atoms with van der Waals surface area (Å²) in [4.78, 5) is 0. The Morgan fingerprint density at radius 3 is 2.45 bits per heavy atom. The molecule has 1 aromatic rings. The van der Waals surface area contributed by atoms with E-state index in [2.05, 4.69) is 51.2 Å². The van der Waals surface area contributed by atoms with Gasteiger partial charge in [-0.1, -0.05) is 38.5 Å². The van der Waals surface area contributed by atoms with Gasteiger partial charge in [-0.15, -0.1) is 12.4 Å². The van der Waals surface area contributed by atoms with E-state index in [1.165, 1.54) is 24.0 Å². The molecule has 114 valence electrons. The van der Waals surface area contributed by atoms with E-state index < -0.39 is 0 Å². The van der Waals surface area contributed by atoms with Crippen molar-refractivity contribution in [1.29, 1.82) is 0 Å². The van der Waals surface area contributed by atoms with Crippen LogP contribution in [-0.4, -0.2) is 19.7 Å². The molecule has 2 rings (SSSR count). The Balaban J connectivity index is 0.00000200. The zero-order chi connectivity index (χ0) is 13.9. The van der Waals surface area contributed by atoms with Crippen LogP contribution in [0.15, 0.2) is 18.2 Å². The number of aryl methyl sites for hydroxylation is 1. The van der Waals surface area contributed by atoms with Gasteiger partial charge in [0.05, 0.1) is 6.61 Å². The number of hydrogen-bond acceptors (Lipinski definition) is 2. The highest BCUT2D eigenvalue weighted by atomic mass is 35.5. The number of rotatable bonds is 3. The molecule has 1 heterocycles. The van der Waals surface area contributed by atoms with Crippen LogP contribution in [-0.2, 0) is 5.41 Å². The van der Waals surface area contributed by atoms with E-state index in [4.69, 9.17) is 4.74 Å². The van der Waals surface area contributed by atoms with E-state index in [0.29, 0.717) is 5.92 Å². The standard InChI is InChI=1S/C17H27NO.ClH/c1-13-5-6-16(15(11-13)17(2,3)4)19-12-14-7-9-18-10-8-14;/h5-6,11,14,18H,7-10,12H2,1-4H3;1H. The van der Waals surface area contributed by atoms with Crippen LogP contribution in [0.4, 0.5) is 0 Å². The predicted molar refractivity (Wildman–Crippen MR) is 88.2 cm³/mol. The number of nitrogens with one attached hydrogen (secondary N) is 1. The van der Waals surface area contributed by atoms with E-state index in [-0.39, 0.29) is 17.8 Å². The van der Waals surface area contributed by atoms with Gasteiger partial charge in [0.25, 0.3) is 0 Å². The first-order chi connectivity index (χ1) is 8.97. The van der Waals surface area contributed by atoms with Gasteiger partial charge in [-0.25, -0.2) is 0 Å². The van der Waals surface area contributed by atoms with Crippen molar-refractivity contribution in [2.24, 2.45) is 5.92 Å². The van der Waals surface area contributed by atoms with Crippen molar-refractivity contribution in [2.45, 2.75) is 46.0 Å². The summed E-state index contributed by atoms with van der Waals surface area (Å²) in [5, 5.41) is 3.40. The Morgan fingerprint density at radius 1 is 1.20 bits per heavy atom. The third kappa shape index (κ3) is 4.68. The molecule has 20 heavy (non-hydrogen) atoms. The molecule has 1 saturated heterocycles. The van der Waals surface area contributed by atoms with Gasteiger partial charge in [0.2, 0.25) is 0 Å². The van der Waals surface area contributed by atoms with Gasteiger partial charge >= 0.3 is 0 Å². The monoisotopic (exact) mass is 297 g/mol. The minimum absolute atomic E-state index is 0. The van der Waals surface area contributed by atoms with E-state index in [9.17, 15) is 0 Å². The molecule has 3 heteroatoms. The van der Waals surface area contributed by atoms with Crippen molar-refractivity contribution in [1.82, 2.24) is 5.32 Å². The lowest BCUT2D eigenvalue weighted by atomic mass is 9.85. The van der Waals surface area contributed by atoms with Crippen LogP contribution in [0.5, 0.6) is 5.75 Å². The summed E-state index contributed by atoms with van der Waals surface area (Å²) >= 11 is 0. The quantitative estimate of drug-likeness (QED) is 0.907. The van der Waals surface area contributed by atoms with Gasteiger partial charge in [0, 0.05) is 0 Å². The number of benzene rings is 1. The average Bonchev–Trinajstić information content (AvgIpc) is 2.37. The lowest BCUT2D eigenvalue weighted by Crippen LogP contribution is -2.30. The molecule has 0 atom stereocenters. The van der Waals surface area contributed by atoms with Gasteiger partial charge in [-0.05, 0) is 55.8 Å². The van der Waals surface area contributed by atoms with Crippen molar-refractivity contribution >= 4 is 12.4 Å². The summed E-state index contributed by atoms with van der Waals surface area (Å²) in [7, 11) is 0. The second-order valence-corrected chi connectivity index (χ2v) is 6.75. The summed E-state index contributed by atoms with van der Waals surface area (Å²) in [5.41, 5.74) is 2.76. The maximum Gasteiger partial charge on any atom is 0.123 e. The first-order valence-corrected chi connectivity index (χ1v) is 7.41. The van der Waals surface area contributed by atoms with Gasteiger partial charge in [-0.3, -0.25) is 0 Å². The molecule has 2 nitrogen and oxygen atoms in total. The zero-order valence-electron chi connectivity index (χ0n) is 13.2. The minimum Gasteiger partial charge on any atom is -0.493 e. The Bertz CT molecular complexity index is 419. The fourth-order valence-corrected chi connectivity index (χ4v) is 2.61. The number of halogens is 1. The molecule has 0 saturated carbocycles. The van der Waals surface area contributed by atoms with E-state index >= 15 is 0 Å². The molecule has 1 aliphatic rings. The molecule has 0 amide bonds. The van der Waals surface area contributed by atoms with Crippen molar-refractivity contribution in [3.8, 4) is 5.75 Å². The van der Waals surface area contributed by atoms with E-state index in [1.807, 2.05) is 0 Å². The lowest BCUT2D eigenvalue weighted by Gasteiger charge is -2.26. The second-order valence-electron chi connectivity index (χ2n) is 6.75. The van der Waals surface area contributed by atoms with Gasteiger partial charge in [0.15, 0.2) is 0 Å². The summed E-state index contributed by atoms with van der Waals surface area (Å²) in [6.45, 7) is 12.0. The van der Waals surface area contributed by atoms with Crippen molar-refractivity contribution in [2.75, 3.05) is 19.7 Å². The fraction of sp³-hybridized carbons (Fsp3) is 0.647. The van der Waals surface area contributed by atoms with Crippen LogP contribution in [0.2, 0.25) is 0 Å². The largest absolute Gasteiger partial charge is 0.493 e. The van der Waals surface area contributed by atoms with E-state index in [0.717, 1.165) is 25.4 Å². The molecule has 0 aliphatic carbocycles. The Morgan fingerprint density at radius 2 is 1.85 bits per heavy atom. The SMILES string of the molecule is Cc1ccc(OCC2CCNCC2)c(C(C)(C)C)c1.Cl. The van der Waals surface area contributed by atoms with Crippen LogP contribution in [0.3, 0.4) is 0 Å². The highest BCUT2D eigenvalue weighted by molar-refractivity contribution is 5.85. The first kappa shape index (κ1) is 17.3.